The zero-order valence-electron chi connectivity index (χ0n) is 13.5. The molecule has 1 aromatic heterocycles. The maximum atomic E-state index is 12.8. The Bertz CT molecular complexity index is 825. The standard InChI is InChI=1S/C20H17ClN2O2/c21-17-7-4-8-18(12-17)23(14-16-6-5-11-22-13-16)20(24)15-25-19-9-2-1-3-10-19/h1-13H,14-15H2. The largest absolute Gasteiger partial charge is 0.484 e. The molecular weight excluding hydrogens is 336 g/mol. The normalized spacial score (nSPS) is 10.3. The van der Waals surface area contributed by atoms with E-state index in [0.29, 0.717) is 17.3 Å². The van der Waals surface area contributed by atoms with Crippen LogP contribution in [0.5, 0.6) is 5.75 Å². The number of aromatic nitrogens is 1. The van der Waals surface area contributed by atoms with Crippen LogP contribution in [0.1, 0.15) is 5.56 Å². The van der Waals surface area contributed by atoms with Crippen molar-refractivity contribution in [2.75, 3.05) is 11.5 Å². The Kier molecular flexibility index (Phi) is 5.65. The summed E-state index contributed by atoms with van der Waals surface area (Å²) in [6.07, 6.45) is 3.44. The molecule has 0 saturated carbocycles. The van der Waals surface area contributed by atoms with Crippen LogP contribution >= 0.6 is 11.6 Å². The predicted octanol–water partition coefficient (Wildman–Crippen LogP) is 4.35. The van der Waals surface area contributed by atoms with E-state index in [-0.39, 0.29) is 12.5 Å². The number of halogens is 1. The quantitative estimate of drug-likeness (QED) is 0.662. The van der Waals surface area contributed by atoms with E-state index in [1.807, 2.05) is 54.6 Å². The fourth-order valence-corrected chi connectivity index (χ4v) is 2.57. The maximum absolute atomic E-state index is 12.8. The van der Waals surface area contributed by atoms with Gasteiger partial charge in [-0.15, -0.1) is 0 Å². The lowest BCUT2D eigenvalue weighted by Gasteiger charge is -2.23. The predicted molar refractivity (Wildman–Crippen MR) is 98.8 cm³/mol. The van der Waals surface area contributed by atoms with E-state index in [1.165, 1.54) is 0 Å². The maximum Gasteiger partial charge on any atom is 0.265 e. The van der Waals surface area contributed by atoms with E-state index in [4.69, 9.17) is 16.3 Å². The van der Waals surface area contributed by atoms with Crippen LogP contribution in [-0.4, -0.2) is 17.5 Å². The molecule has 0 spiro atoms. The first-order valence-electron chi connectivity index (χ1n) is 7.85. The van der Waals surface area contributed by atoms with Crippen LogP contribution in [0.2, 0.25) is 5.02 Å². The van der Waals surface area contributed by atoms with E-state index < -0.39 is 0 Å². The number of pyridine rings is 1. The highest BCUT2D eigenvalue weighted by atomic mass is 35.5. The molecule has 4 nitrogen and oxygen atoms in total. The minimum atomic E-state index is -0.157. The molecule has 5 heteroatoms. The highest BCUT2D eigenvalue weighted by Crippen LogP contribution is 2.22. The number of nitrogens with zero attached hydrogens (tertiary/aromatic N) is 2. The van der Waals surface area contributed by atoms with Gasteiger partial charge in [-0.2, -0.15) is 0 Å². The van der Waals surface area contributed by atoms with Gasteiger partial charge in [0.25, 0.3) is 5.91 Å². The van der Waals surface area contributed by atoms with Crippen LogP contribution in [0.3, 0.4) is 0 Å². The van der Waals surface area contributed by atoms with E-state index >= 15 is 0 Å². The number of carbonyl (C=O) groups excluding carboxylic acids is 1. The highest BCUT2D eigenvalue weighted by molar-refractivity contribution is 6.30. The molecule has 3 rings (SSSR count). The number of anilines is 1. The Morgan fingerprint density at radius 3 is 2.60 bits per heavy atom. The number of para-hydroxylation sites is 1. The van der Waals surface area contributed by atoms with Crippen molar-refractivity contribution in [1.82, 2.24) is 4.98 Å². The van der Waals surface area contributed by atoms with Gasteiger partial charge in [-0.3, -0.25) is 9.78 Å². The summed E-state index contributed by atoms with van der Waals surface area (Å²) in [6.45, 7) is 0.335. The summed E-state index contributed by atoms with van der Waals surface area (Å²) >= 11 is 6.09. The van der Waals surface area contributed by atoms with E-state index in [1.54, 1.807) is 29.4 Å². The molecule has 2 aromatic carbocycles. The van der Waals surface area contributed by atoms with Gasteiger partial charge in [0.05, 0.1) is 6.54 Å². The topological polar surface area (TPSA) is 42.4 Å². The average Bonchev–Trinajstić information content (AvgIpc) is 2.66. The summed E-state index contributed by atoms with van der Waals surface area (Å²) in [7, 11) is 0. The Morgan fingerprint density at radius 1 is 1.04 bits per heavy atom. The van der Waals surface area contributed by atoms with Gasteiger partial charge in [0.1, 0.15) is 5.75 Å². The molecule has 0 aliphatic rings. The molecule has 126 valence electrons. The molecule has 0 saturated heterocycles. The monoisotopic (exact) mass is 352 g/mol. The third-order valence-corrected chi connectivity index (χ3v) is 3.83. The molecule has 0 aliphatic carbocycles. The SMILES string of the molecule is O=C(COc1ccccc1)N(Cc1cccnc1)c1cccc(Cl)c1. The first-order valence-corrected chi connectivity index (χ1v) is 8.23. The Labute approximate surface area is 151 Å². The molecule has 0 aliphatic heterocycles. The third-order valence-electron chi connectivity index (χ3n) is 3.59. The number of carbonyl (C=O) groups is 1. The molecule has 1 amide bonds. The van der Waals surface area contributed by atoms with Gasteiger partial charge in [0.15, 0.2) is 6.61 Å². The summed E-state index contributed by atoms with van der Waals surface area (Å²) in [5.41, 5.74) is 1.65. The number of ether oxygens (including phenoxy) is 1. The van der Waals surface area contributed by atoms with Gasteiger partial charge < -0.3 is 9.64 Å². The minimum absolute atomic E-state index is 0.0587. The Balaban J connectivity index is 1.78. The summed E-state index contributed by atoms with van der Waals surface area (Å²) in [4.78, 5) is 18.5. The number of hydrogen-bond acceptors (Lipinski definition) is 3. The molecule has 0 fully saturated rings. The smallest absolute Gasteiger partial charge is 0.265 e. The van der Waals surface area contributed by atoms with Crippen molar-refractivity contribution >= 4 is 23.2 Å². The number of amides is 1. The van der Waals surface area contributed by atoms with Crippen molar-refractivity contribution in [1.29, 1.82) is 0 Å². The molecule has 1 heterocycles. The summed E-state index contributed by atoms with van der Waals surface area (Å²) in [6, 6.07) is 20.2. The Hall–Kier alpha value is -2.85. The second-order valence-electron chi connectivity index (χ2n) is 5.42. The Morgan fingerprint density at radius 2 is 1.88 bits per heavy atom. The molecule has 3 aromatic rings. The van der Waals surface area contributed by atoms with Crippen LogP contribution in [0.15, 0.2) is 79.1 Å². The van der Waals surface area contributed by atoms with Crippen molar-refractivity contribution in [2.24, 2.45) is 0 Å². The molecule has 0 unspecified atom stereocenters. The van der Waals surface area contributed by atoms with Gasteiger partial charge in [0.2, 0.25) is 0 Å². The van der Waals surface area contributed by atoms with Crippen molar-refractivity contribution in [3.05, 3.63) is 89.7 Å². The highest BCUT2D eigenvalue weighted by Gasteiger charge is 2.17. The van der Waals surface area contributed by atoms with Gasteiger partial charge in [-0.1, -0.05) is 41.9 Å². The first kappa shape index (κ1) is 17.0. The molecule has 25 heavy (non-hydrogen) atoms. The van der Waals surface area contributed by atoms with Crippen LogP contribution in [0.4, 0.5) is 5.69 Å². The molecular formula is C20H17ClN2O2. The lowest BCUT2D eigenvalue weighted by Crippen LogP contribution is -2.34. The third kappa shape index (κ3) is 4.81. The van der Waals surface area contributed by atoms with Crippen LogP contribution in [0.25, 0.3) is 0 Å². The van der Waals surface area contributed by atoms with Crippen LogP contribution in [0, 0.1) is 0 Å². The average molecular weight is 353 g/mol. The fraction of sp³-hybridized carbons (Fsp3) is 0.100. The molecule has 0 radical (unpaired) electrons. The van der Waals surface area contributed by atoms with Gasteiger partial charge in [-0.05, 0) is 42.0 Å². The number of hydrogen-bond donors (Lipinski definition) is 0. The van der Waals surface area contributed by atoms with Gasteiger partial charge in [0, 0.05) is 23.1 Å². The zero-order valence-corrected chi connectivity index (χ0v) is 14.3. The van der Waals surface area contributed by atoms with E-state index in [9.17, 15) is 4.79 Å². The van der Waals surface area contributed by atoms with Crippen molar-refractivity contribution in [3.8, 4) is 5.75 Å². The summed E-state index contributed by atoms with van der Waals surface area (Å²) in [5, 5.41) is 0.575. The zero-order chi connectivity index (χ0) is 17.5. The first-order chi connectivity index (χ1) is 12.2. The summed E-state index contributed by atoms with van der Waals surface area (Å²) < 4.78 is 5.60. The summed E-state index contributed by atoms with van der Waals surface area (Å²) in [5.74, 6) is 0.498. The van der Waals surface area contributed by atoms with Crippen molar-refractivity contribution < 1.29 is 9.53 Å². The van der Waals surface area contributed by atoms with Crippen molar-refractivity contribution in [3.63, 3.8) is 0 Å². The van der Waals surface area contributed by atoms with E-state index in [2.05, 4.69) is 4.98 Å². The van der Waals surface area contributed by atoms with Gasteiger partial charge >= 0.3 is 0 Å². The number of benzene rings is 2. The molecule has 0 atom stereocenters. The van der Waals surface area contributed by atoms with Crippen molar-refractivity contribution in [2.45, 2.75) is 6.54 Å². The fourth-order valence-electron chi connectivity index (χ4n) is 2.38. The van der Waals surface area contributed by atoms with Gasteiger partial charge in [-0.25, -0.2) is 0 Å². The van der Waals surface area contributed by atoms with Crippen LogP contribution < -0.4 is 9.64 Å². The minimum Gasteiger partial charge on any atom is -0.484 e. The molecule has 0 bridgehead atoms. The lowest BCUT2D eigenvalue weighted by atomic mass is 10.2. The lowest BCUT2D eigenvalue weighted by molar-refractivity contribution is -0.120. The number of rotatable bonds is 6. The molecule has 0 N–H and O–H groups in total. The second kappa shape index (κ2) is 8.31. The second-order valence-corrected chi connectivity index (χ2v) is 5.86. The van der Waals surface area contributed by atoms with Crippen LogP contribution in [-0.2, 0) is 11.3 Å². The van der Waals surface area contributed by atoms with E-state index in [0.717, 1.165) is 11.3 Å².